The summed E-state index contributed by atoms with van der Waals surface area (Å²) >= 11 is 3.39. The summed E-state index contributed by atoms with van der Waals surface area (Å²) in [6, 6.07) is 6.94. The summed E-state index contributed by atoms with van der Waals surface area (Å²) in [5.74, 6) is -0.191. The smallest absolute Gasteiger partial charge is 0.253 e. The molecule has 2 atom stereocenters. The third-order valence-corrected chi connectivity index (χ3v) is 4.14. The molecule has 0 aromatic heterocycles. The number of carbonyl (C=O) groups excluding carboxylic acids is 2. The van der Waals surface area contributed by atoms with E-state index in [1.165, 1.54) is 0 Å². The highest BCUT2D eigenvalue weighted by molar-refractivity contribution is 9.10. The van der Waals surface area contributed by atoms with E-state index in [0.717, 1.165) is 10.2 Å². The van der Waals surface area contributed by atoms with Crippen molar-refractivity contribution in [1.82, 2.24) is 5.32 Å². The van der Waals surface area contributed by atoms with Gasteiger partial charge in [-0.15, -0.1) is 0 Å². The van der Waals surface area contributed by atoms with Crippen LogP contribution in [0.3, 0.4) is 0 Å². The number of benzene rings is 1. The van der Waals surface area contributed by atoms with Crippen molar-refractivity contribution in [2.24, 2.45) is 0 Å². The van der Waals surface area contributed by atoms with Gasteiger partial charge >= 0.3 is 0 Å². The Morgan fingerprint density at radius 1 is 1.42 bits per heavy atom. The molecule has 1 aromatic carbocycles. The summed E-state index contributed by atoms with van der Waals surface area (Å²) in [6.45, 7) is 5.40. The number of hydrogen-bond acceptors (Lipinski definition) is 2. The fraction of sp³-hybridized carbons (Fsp3) is 0.429. The molecule has 1 aliphatic rings. The molecule has 5 heteroatoms. The Morgan fingerprint density at radius 2 is 2.11 bits per heavy atom. The average Bonchev–Trinajstić information content (AvgIpc) is 2.37. The van der Waals surface area contributed by atoms with E-state index in [-0.39, 0.29) is 11.8 Å². The van der Waals surface area contributed by atoms with Gasteiger partial charge in [0.25, 0.3) is 5.91 Å². The molecule has 0 bridgehead atoms. The van der Waals surface area contributed by atoms with Crippen LogP contribution in [0.25, 0.3) is 0 Å². The monoisotopic (exact) mass is 324 g/mol. The number of amides is 2. The molecule has 0 radical (unpaired) electrons. The van der Waals surface area contributed by atoms with Crippen LogP contribution < -0.4 is 10.2 Å². The minimum atomic E-state index is -0.827. The Morgan fingerprint density at radius 3 is 2.68 bits per heavy atom. The Hall–Kier alpha value is -1.36. The standard InChI is InChI=1S/C14H17BrN2O2/c1-4-14(3)13(19)17(9(2)12(18)16-14)11-7-5-6-10(15)8-11/h5-9H,4H2,1-3H3,(H,16,18). The maximum absolute atomic E-state index is 12.6. The van der Waals surface area contributed by atoms with Crippen LogP contribution in [0.2, 0.25) is 0 Å². The van der Waals surface area contributed by atoms with Crippen LogP contribution >= 0.6 is 15.9 Å². The number of piperazine rings is 1. The molecule has 4 nitrogen and oxygen atoms in total. The number of carbonyl (C=O) groups is 2. The molecule has 1 aliphatic heterocycles. The van der Waals surface area contributed by atoms with Gasteiger partial charge in [0.1, 0.15) is 11.6 Å². The fourth-order valence-corrected chi connectivity index (χ4v) is 2.58. The first kappa shape index (κ1) is 14.1. The highest BCUT2D eigenvalue weighted by atomic mass is 79.9. The summed E-state index contributed by atoms with van der Waals surface area (Å²) in [6.07, 6.45) is 0.564. The second-order valence-corrected chi connectivity index (χ2v) is 5.92. The first-order valence-corrected chi connectivity index (χ1v) is 7.09. The maximum atomic E-state index is 12.6. The van der Waals surface area contributed by atoms with Crippen LogP contribution in [0, 0.1) is 0 Å². The highest BCUT2D eigenvalue weighted by Crippen LogP contribution is 2.28. The largest absolute Gasteiger partial charge is 0.340 e. The van der Waals surface area contributed by atoms with Crippen molar-refractivity contribution in [1.29, 1.82) is 0 Å². The van der Waals surface area contributed by atoms with E-state index >= 15 is 0 Å². The molecule has 1 N–H and O–H groups in total. The van der Waals surface area contributed by atoms with Crippen molar-refractivity contribution >= 4 is 33.4 Å². The van der Waals surface area contributed by atoms with E-state index in [0.29, 0.717) is 6.42 Å². The molecule has 0 aliphatic carbocycles. The van der Waals surface area contributed by atoms with E-state index in [1.807, 2.05) is 31.2 Å². The fourth-order valence-electron chi connectivity index (χ4n) is 2.20. The van der Waals surface area contributed by atoms with E-state index in [1.54, 1.807) is 18.7 Å². The van der Waals surface area contributed by atoms with Gasteiger partial charge in [-0.05, 0) is 38.5 Å². The summed E-state index contributed by atoms with van der Waals surface area (Å²) < 4.78 is 0.884. The number of nitrogens with one attached hydrogen (secondary N) is 1. The quantitative estimate of drug-likeness (QED) is 0.908. The first-order valence-electron chi connectivity index (χ1n) is 6.30. The highest BCUT2D eigenvalue weighted by Gasteiger charge is 2.45. The Kier molecular flexibility index (Phi) is 3.67. The van der Waals surface area contributed by atoms with Crippen LogP contribution in [0.4, 0.5) is 5.69 Å². The van der Waals surface area contributed by atoms with Crippen LogP contribution in [-0.4, -0.2) is 23.4 Å². The molecular formula is C14H17BrN2O2. The van der Waals surface area contributed by atoms with Crippen molar-refractivity contribution in [3.63, 3.8) is 0 Å². The van der Waals surface area contributed by atoms with Gasteiger partial charge in [0.05, 0.1) is 0 Å². The van der Waals surface area contributed by atoms with Gasteiger partial charge in [-0.25, -0.2) is 0 Å². The Labute approximate surface area is 121 Å². The zero-order valence-corrected chi connectivity index (χ0v) is 12.8. The Bertz CT molecular complexity index is 532. The Balaban J connectivity index is 2.47. The zero-order chi connectivity index (χ0) is 14.2. The molecule has 2 rings (SSSR count). The van der Waals surface area contributed by atoms with Gasteiger partial charge in [-0.1, -0.05) is 28.9 Å². The molecule has 102 valence electrons. The number of rotatable bonds is 2. The van der Waals surface area contributed by atoms with Crippen molar-refractivity contribution < 1.29 is 9.59 Å². The van der Waals surface area contributed by atoms with Gasteiger partial charge in [0, 0.05) is 10.2 Å². The topological polar surface area (TPSA) is 49.4 Å². The second kappa shape index (κ2) is 4.96. The number of halogens is 1. The molecule has 0 saturated carbocycles. The lowest BCUT2D eigenvalue weighted by Crippen LogP contribution is -2.68. The molecule has 1 saturated heterocycles. The van der Waals surface area contributed by atoms with Crippen molar-refractivity contribution in [3.8, 4) is 0 Å². The van der Waals surface area contributed by atoms with Crippen molar-refractivity contribution in [2.75, 3.05) is 4.90 Å². The molecule has 2 amide bonds. The zero-order valence-electron chi connectivity index (χ0n) is 11.2. The third-order valence-electron chi connectivity index (χ3n) is 3.65. The van der Waals surface area contributed by atoms with E-state index in [2.05, 4.69) is 21.2 Å². The summed E-state index contributed by atoms with van der Waals surface area (Å²) in [5.41, 5.74) is -0.0901. The third kappa shape index (κ3) is 2.39. The van der Waals surface area contributed by atoms with Crippen molar-refractivity contribution in [3.05, 3.63) is 28.7 Å². The van der Waals surface area contributed by atoms with E-state index in [4.69, 9.17) is 0 Å². The van der Waals surface area contributed by atoms with Gasteiger partial charge < -0.3 is 5.32 Å². The minimum Gasteiger partial charge on any atom is -0.340 e. The van der Waals surface area contributed by atoms with Crippen LogP contribution in [-0.2, 0) is 9.59 Å². The van der Waals surface area contributed by atoms with E-state index < -0.39 is 11.6 Å². The van der Waals surface area contributed by atoms with Gasteiger partial charge in [0.15, 0.2) is 0 Å². The maximum Gasteiger partial charge on any atom is 0.253 e. The molecule has 0 spiro atoms. The van der Waals surface area contributed by atoms with Gasteiger partial charge in [-0.3, -0.25) is 14.5 Å². The first-order chi connectivity index (χ1) is 8.89. The van der Waals surface area contributed by atoms with E-state index in [9.17, 15) is 9.59 Å². The van der Waals surface area contributed by atoms with Crippen LogP contribution in [0.15, 0.2) is 28.7 Å². The average molecular weight is 325 g/mol. The minimum absolute atomic E-state index is 0.0693. The molecule has 2 unspecified atom stereocenters. The molecule has 1 heterocycles. The number of nitrogens with zero attached hydrogens (tertiary/aromatic N) is 1. The lowest BCUT2D eigenvalue weighted by atomic mass is 9.92. The number of hydrogen-bond donors (Lipinski definition) is 1. The summed E-state index contributed by atoms with van der Waals surface area (Å²) in [4.78, 5) is 26.3. The van der Waals surface area contributed by atoms with Gasteiger partial charge in [-0.2, -0.15) is 0 Å². The predicted molar refractivity (Wildman–Crippen MR) is 77.9 cm³/mol. The second-order valence-electron chi connectivity index (χ2n) is 5.01. The number of anilines is 1. The molecule has 19 heavy (non-hydrogen) atoms. The molecular weight excluding hydrogens is 308 g/mol. The van der Waals surface area contributed by atoms with Gasteiger partial charge in [0.2, 0.25) is 5.91 Å². The summed E-state index contributed by atoms with van der Waals surface area (Å²) in [5, 5.41) is 2.81. The van der Waals surface area contributed by atoms with Crippen molar-refractivity contribution in [2.45, 2.75) is 38.8 Å². The lowest BCUT2D eigenvalue weighted by Gasteiger charge is -2.43. The lowest BCUT2D eigenvalue weighted by molar-refractivity contribution is -0.137. The SMILES string of the molecule is CCC1(C)NC(=O)C(C)N(c2cccc(Br)c2)C1=O. The van der Waals surface area contributed by atoms with Crippen LogP contribution in [0.1, 0.15) is 27.2 Å². The summed E-state index contributed by atoms with van der Waals surface area (Å²) in [7, 11) is 0. The normalized spacial score (nSPS) is 27.4. The molecule has 1 fully saturated rings. The van der Waals surface area contributed by atoms with Crippen LogP contribution in [0.5, 0.6) is 0 Å². The molecule has 1 aromatic rings. The predicted octanol–water partition coefficient (Wildman–Crippen LogP) is 2.47.